The molecule has 7 heteroatoms. The highest BCUT2D eigenvalue weighted by atomic mass is 32.2. The number of amides is 1. The molecule has 1 saturated heterocycles. The largest absolute Gasteiger partial charge is 0.385 e. The lowest BCUT2D eigenvalue weighted by molar-refractivity contribution is -0.126. The number of hydrogen-bond donors (Lipinski definition) is 2. The van der Waals surface area contributed by atoms with E-state index < -0.39 is 10.0 Å². The lowest BCUT2D eigenvalue weighted by Crippen LogP contribution is -2.43. The lowest BCUT2D eigenvalue weighted by atomic mass is 9.92. The Bertz CT molecular complexity index is 1020. The summed E-state index contributed by atoms with van der Waals surface area (Å²) in [5, 5.41) is 6.34. The molecule has 2 aromatic carbocycles. The van der Waals surface area contributed by atoms with Gasteiger partial charge in [-0.25, -0.2) is 8.42 Å². The summed E-state index contributed by atoms with van der Waals surface area (Å²) in [4.78, 5) is 12.9. The van der Waals surface area contributed by atoms with Gasteiger partial charge in [-0.3, -0.25) is 4.79 Å². The van der Waals surface area contributed by atoms with E-state index in [1.54, 1.807) is 10.4 Å². The van der Waals surface area contributed by atoms with Crippen LogP contribution in [-0.4, -0.2) is 44.8 Å². The minimum absolute atomic E-state index is 0.0375. The number of carbonyl (C=O) groups excluding carboxylic acids is 1. The first-order valence-electron chi connectivity index (χ1n) is 11.7. The summed E-state index contributed by atoms with van der Waals surface area (Å²) in [7, 11) is -3.50. The molecule has 1 aliphatic carbocycles. The molecule has 0 bridgehead atoms. The van der Waals surface area contributed by atoms with Crippen molar-refractivity contribution in [2.24, 2.45) is 5.92 Å². The van der Waals surface area contributed by atoms with E-state index in [4.69, 9.17) is 0 Å². The number of nitrogens with zero attached hydrogens (tertiary/aromatic N) is 1. The van der Waals surface area contributed by atoms with E-state index >= 15 is 0 Å². The maximum absolute atomic E-state index is 13.1. The van der Waals surface area contributed by atoms with E-state index in [9.17, 15) is 13.2 Å². The van der Waals surface area contributed by atoms with Crippen molar-refractivity contribution < 1.29 is 13.2 Å². The second-order valence-corrected chi connectivity index (χ2v) is 10.7. The molecule has 0 spiro atoms. The number of anilines is 1. The SMILES string of the molecule is O=C(NCCCNc1ccccc1)C1CCN(S(=O)(=O)c2ccc3c(c2)CCCC3)CC1. The highest BCUT2D eigenvalue weighted by molar-refractivity contribution is 7.89. The van der Waals surface area contributed by atoms with E-state index in [1.807, 2.05) is 42.5 Å². The Morgan fingerprint density at radius 2 is 1.66 bits per heavy atom. The first-order valence-corrected chi connectivity index (χ1v) is 13.2. The summed E-state index contributed by atoms with van der Waals surface area (Å²) in [5.41, 5.74) is 3.53. The molecule has 0 atom stereocenters. The number of fused-ring (bicyclic) bond motifs is 1. The minimum Gasteiger partial charge on any atom is -0.385 e. The number of nitrogens with one attached hydrogen (secondary N) is 2. The molecule has 0 radical (unpaired) electrons. The third-order valence-corrected chi connectivity index (χ3v) is 8.43. The van der Waals surface area contributed by atoms with Gasteiger partial charge in [0, 0.05) is 37.8 Å². The lowest BCUT2D eigenvalue weighted by Gasteiger charge is -2.31. The van der Waals surface area contributed by atoms with Gasteiger partial charge in [-0.15, -0.1) is 0 Å². The Hall–Kier alpha value is -2.38. The zero-order chi connectivity index (χ0) is 22.4. The van der Waals surface area contributed by atoms with Crippen molar-refractivity contribution in [3.63, 3.8) is 0 Å². The highest BCUT2D eigenvalue weighted by Crippen LogP contribution is 2.28. The van der Waals surface area contributed by atoms with Gasteiger partial charge in [0.25, 0.3) is 0 Å². The van der Waals surface area contributed by atoms with Crippen LogP contribution in [0.25, 0.3) is 0 Å². The van der Waals surface area contributed by atoms with Crippen molar-refractivity contribution >= 4 is 21.6 Å². The molecule has 1 heterocycles. The van der Waals surface area contributed by atoms with Crippen LogP contribution in [0.5, 0.6) is 0 Å². The standard InChI is InChI=1S/C25H33N3O3S/c29-25(27-16-6-15-26-23-9-2-1-3-10-23)21-13-17-28(18-14-21)32(30,31)24-12-11-20-7-4-5-8-22(20)19-24/h1-3,9-12,19,21,26H,4-8,13-18H2,(H,27,29). The number of benzene rings is 2. The van der Waals surface area contributed by atoms with Crippen LogP contribution in [0, 0.1) is 5.92 Å². The average molecular weight is 456 g/mol. The number of hydrogen-bond acceptors (Lipinski definition) is 4. The van der Waals surface area contributed by atoms with E-state index in [0.29, 0.717) is 37.4 Å². The van der Waals surface area contributed by atoms with Gasteiger partial charge in [0.2, 0.25) is 15.9 Å². The van der Waals surface area contributed by atoms with Crippen molar-refractivity contribution in [1.29, 1.82) is 0 Å². The molecule has 0 saturated carbocycles. The molecule has 1 amide bonds. The molecular weight excluding hydrogens is 422 g/mol. The minimum atomic E-state index is -3.50. The molecule has 1 aliphatic heterocycles. The van der Waals surface area contributed by atoms with Crippen LogP contribution in [0.3, 0.4) is 0 Å². The fraction of sp³-hybridized carbons (Fsp3) is 0.480. The predicted molar refractivity (Wildman–Crippen MR) is 127 cm³/mol. The average Bonchev–Trinajstić information content (AvgIpc) is 2.84. The summed E-state index contributed by atoms with van der Waals surface area (Å²) in [6.45, 7) is 2.20. The van der Waals surface area contributed by atoms with E-state index in [1.165, 1.54) is 17.5 Å². The normalized spacial score (nSPS) is 17.5. The fourth-order valence-corrected chi connectivity index (χ4v) is 6.13. The van der Waals surface area contributed by atoms with Crippen LogP contribution < -0.4 is 10.6 Å². The number of piperidine rings is 1. The van der Waals surface area contributed by atoms with Gasteiger partial charge < -0.3 is 10.6 Å². The molecule has 32 heavy (non-hydrogen) atoms. The first-order chi connectivity index (χ1) is 15.5. The van der Waals surface area contributed by atoms with Crippen LogP contribution in [0.2, 0.25) is 0 Å². The van der Waals surface area contributed by atoms with Crippen LogP contribution in [-0.2, 0) is 27.7 Å². The van der Waals surface area contributed by atoms with Crippen LogP contribution in [0.1, 0.15) is 43.2 Å². The second kappa shape index (κ2) is 10.5. The summed E-state index contributed by atoms with van der Waals surface area (Å²) < 4.78 is 27.8. The molecule has 1 fully saturated rings. The van der Waals surface area contributed by atoms with Crippen LogP contribution in [0.15, 0.2) is 53.4 Å². The number of aryl methyl sites for hydroxylation is 2. The number of rotatable bonds is 8. The third-order valence-electron chi connectivity index (χ3n) is 6.54. The molecule has 2 aromatic rings. The maximum Gasteiger partial charge on any atom is 0.243 e. The van der Waals surface area contributed by atoms with Gasteiger partial charge in [-0.1, -0.05) is 24.3 Å². The Labute approximate surface area is 191 Å². The molecule has 6 nitrogen and oxygen atoms in total. The van der Waals surface area contributed by atoms with Gasteiger partial charge in [0.1, 0.15) is 0 Å². The maximum atomic E-state index is 13.1. The summed E-state index contributed by atoms with van der Waals surface area (Å²) in [6.07, 6.45) is 6.28. The van der Waals surface area contributed by atoms with Crippen molar-refractivity contribution in [2.75, 3.05) is 31.5 Å². The van der Waals surface area contributed by atoms with Crippen molar-refractivity contribution in [1.82, 2.24) is 9.62 Å². The second-order valence-electron chi connectivity index (χ2n) is 8.75. The molecular formula is C25H33N3O3S. The number of sulfonamides is 1. The number of carbonyl (C=O) groups is 1. The van der Waals surface area contributed by atoms with Crippen LogP contribution in [0.4, 0.5) is 5.69 Å². The van der Waals surface area contributed by atoms with Gasteiger partial charge >= 0.3 is 0 Å². The Balaban J connectivity index is 1.22. The highest BCUT2D eigenvalue weighted by Gasteiger charge is 2.32. The van der Waals surface area contributed by atoms with Crippen LogP contribution >= 0.6 is 0 Å². The van der Waals surface area contributed by atoms with E-state index in [-0.39, 0.29) is 11.8 Å². The molecule has 4 rings (SSSR count). The molecule has 2 aliphatic rings. The summed E-state index contributed by atoms with van der Waals surface area (Å²) in [6, 6.07) is 15.6. The zero-order valence-corrected chi connectivity index (χ0v) is 19.4. The van der Waals surface area contributed by atoms with Crippen molar-refractivity contribution in [3.05, 3.63) is 59.7 Å². The summed E-state index contributed by atoms with van der Waals surface area (Å²) >= 11 is 0. The van der Waals surface area contributed by atoms with E-state index in [0.717, 1.165) is 37.9 Å². The fourth-order valence-electron chi connectivity index (χ4n) is 4.61. The number of para-hydroxylation sites is 1. The van der Waals surface area contributed by atoms with Gasteiger partial charge in [0.05, 0.1) is 4.90 Å². The van der Waals surface area contributed by atoms with Crippen molar-refractivity contribution in [3.8, 4) is 0 Å². The smallest absolute Gasteiger partial charge is 0.243 e. The summed E-state index contributed by atoms with van der Waals surface area (Å²) in [5.74, 6) is -0.0809. The van der Waals surface area contributed by atoms with Gasteiger partial charge in [-0.2, -0.15) is 4.31 Å². The first kappa shape index (κ1) is 22.8. The predicted octanol–water partition coefficient (Wildman–Crippen LogP) is 3.58. The third kappa shape index (κ3) is 5.51. The molecule has 172 valence electrons. The van der Waals surface area contributed by atoms with Gasteiger partial charge in [-0.05, 0) is 80.3 Å². The quantitative estimate of drug-likeness (QED) is 0.597. The van der Waals surface area contributed by atoms with Crippen molar-refractivity contribution in [2.45, 2.75) is 49.8 Å². The molecule has 0 unspecified atom stereocenters. The molecule has 2 N–H and O–H groups in total. The Kier molecular flexibility index (Phi) is 7.48. The Morgan fingerprint density at radius 1 is 0.938 bits per heavy atom. The Morgan fingerprint density at radius 3 is 2.41 bits per heavy atom. The topological polar surface area (TPSA) is 78.5 Å². The molecule has 0 aromatic heterocycles. The van der Waals surface area contributed by atoms with E-state index in [2.05, 4.69) is 10.6 Å². The zero-order valence-electron chi connectivity index (χ0n) is 18.6. The van der Waals surface area contributed by atoms with Gasteiger partial charge in [0.15, 0.2) is 0 Å². The monoisotopic (exact) mass is 455 g/mol.